The lowest BCUT2D eigenvalue weighted by Gasteiger charge is -2.34. The Morgan fingerprint density at radius 2 is 2.20 bits per heavy atom. The van der Waals surface area contributed by atoms with Crippen LogP contribution < -0.4 is 4.74 Å². The number of nitrogens with zero attached hydrogens (tertiary/aromatic N) is 1. The number of aliphatic hydroxyl groups excluding tert-OH is 1. The molecule has 0 bridgehead atoms. The van der Waals surface area contributed by atoms with Gasteiger partial charge >= 0.3 is 0 Å². The maximum atomic E-state index is 9.08. The first-order valence-corrected chi connectivity index (χ1v) is 8.83. The van der Waals surface area contributed by atoms with Crippen molar-refractivity contribution in [1.82, 2.24) is 4.98 Å². The van der Waals surface area contributed by atoms with Gasteiger partial charge in [-0.2, -0.15) is 0 Å². The van der Waals surface area contributed by atoms with Gasteiger partial charge in [0.2, 0.25) is 0 Å². The summed E-state index contributed by atoms with van der Waals surface area (Å²) in [5, 5.41) is 11.2. The van der Waals surface area contributed by atoms with Gasteiger partial charge in [-0.15, -0.1) is 0 Å². The van der Waals surface area contributed by atoms with Crippen LogP contribution in [0.3, 0.4) is 0 Å². The topological polar surface area (TPSA) is 55.5 Å². The van der Waals surface area contributed by atoms with E-state index in [2.05, 4.69) is 38.6 Å². The zero-order valence-corrected chi connectivity index (χ0v) is 14.8. The van der Waals surface area contributed by atoms with E-state index in [0.717, 1.165) is 46.0 Å². The van der Waals surface area contributed by atoms with Crippen LogP contribution in [0.5, 0.6) is 5.75 Å². The number of aryl methyl sites for hydroxylation is 3. The van der Waals surface area contributed by atoms with Crippen molar-refractivity contribution in [2.75, 3.05) is 6.61 Å². The fourth-order valence-electron chi connectivity index (χ4n) is 3.55. The van der Waals surface area contributed by atoms with Crippen LogP contribution in [0.1, 0.15) is 36.8 Å². The van der Waals surface area contributed by atoms with E-state index in [1.54, 1.807) is 0 Å². The van der Waals surface area contributed by atoms with E-state index in [4.69, 9.17) is 19.2 Å². The molecule has 1 aromatic heterocycles. The zero-order valence-electron chi connectivity index (χ0n) is 14.8. The van der Waals surface area contributed by atoms with E-state index < -0.39 is 0 Å². The maximum Gasteiger partial charge on any atom is 0.195 e. The summed E-state index contributed by atoms with van der Waals surface area (Å²) in [5.41, 5.74) is 3.64. The minimum atomic E-state index is -0.364. The Morgan fingerprint density at radius 1 is 1.36 bits per heavy atom. The molecule has 0 amide bonds. The highest BCUT2D eigenvalue weighted by Gasteiger charge is 2.33. The molecule has 1 aliphatic rings. The largest absolute Gasteiger partial charge is 0.482 e. The predicted octanol–water partition coefficient (Wildman–Crippen LogP) is 4.48. The molecule has 0 saturated carbocycles. The number of fused-ring (bicyclic) bond motifs is 6. The van der Waals surface area contributed by atoms with Gasteiger partial charge in [0.05, 0.1) is 0 Å². The number of benzene rings is 2. The number of oxazole rings is 1. The molecule has 1 atom stereocenters. The van der Waals surface area contributed by atoms with Crippen molar-refractivity contribution < 1.29 is 14.3 Å². The average Bonchev–Trinajstić information content (AvgIpc) is 3.04. The van der Waals surface area contributed by atoms with Crippen LogP contribution in [0.4, 0.5) is 0 Å². The molecule has 0 spiro atoms. The summed E-state index contributed by atoms with van der Waals surface area (Å²) in [4.78, 5) is 4.72. The van der Waals surface area contributed by atoms with Crippen molar-refractivity contribution in [3.8, 4) is 5.75 Å². The lowest BCUT2D eigenvalue weighted by molar-refractivity contribution is 0.117. The molecular formula is C21H23NO3. The molecule has 1 aliphatic heterocycles. The van der Waals surface area contributed by atoms with Crippen LogP contribution in [0.15, 0.2) is 35.3 Å². The van der Waals surface area contributed by atoms with Crippen LogP contribution in [-0.2, 0) is 12.8 Å². The van der Waals surface area contributed by atoms with Gasteiger partial charge in [-0.3, -0.25) is 0 Å². The van der Waals surface area contributed by atoms with Crippen molar-refractivity contribution in [2.24, 2.45) is 0 Å². The van der Waals surface area contributed by atoms with E-state index in [1.807, 2.05) is 6.08 Å². The normalized spacial score (nSPS) is 19.8. The van der Waals surface area contributed by atoms with Crippen molar-refractivity contribution >= 4 is 21.9 Å². The van der Waals surface area contributed by atoms with Crippen LogP contribution in [0.25, 0.3) is 21.9 Å². The summed E-state index contributed by atoms with van der Waals surface area (Å²) in [6.07, 6.45) is 4.90. The second-order valence-electron chi connectivity index (χ2n) is 7.09. The van der Waals surface area contributed by atoms with Gasteiger partial charge in [-0.25, -0.2) is 4.98 Å². The summed E-state index contributed by atoms with van der Waals surface area (Å²) >= 11 is 0. The first-order chi connectivity index (χ1) is 12.0. The Morgan fingerprint density at radius 3 is 2.96 bits per heavy atom. The SMILES string of the molecule is C=CC1(C)CCc2c(c3cc(C)ccc3c3nc(CCCO)oc23)O1. The molecule has 0 fully saturated rings. The standard InChI is InChI=1S/C21H23NO3/c1-4-21(3)10-9-15-19(25-21)16-12-13(2)7-8-14(16)18-20(15)24-17(22-18)6-5-11-23/h4,7-8,12,23H,1,5-6,9-11H2,2-3H3. The predicted molar refractivity (Wildman–Crippen MR) is 99.2 cm³/mol. The second-order valence-corrected chi connectivity index (χ2v) is 7.09. The van der Waals surface area contributed by atoms with Gasteiger partial charge in [-0.1, -0.05) is 24.3 Å². The lowest BCUT2D eigenvalue weighted by atomic mass is 9.90. The van der Waals surface area contributed by atoms with Gasteiger partial charge in [0.25, 0.3) is 0 Å². The average molecular weight is 337 g/mol. The molecule has 25 heavy (non-hydrogen) atoms. The Hall–Kier alpha value is -2.33. The first kappa shape index (κ1) is 16.2. The highest BCUT2D eigenvalue weighted by Crippen LogP contribution is 2.44. The Balaban J connectivity index is 2.01. The van der Waals surface area contributed by atoms with Crippen molar-refractivity contribution in [3.63, 3.8) is 0 Å². The fraction of sp³-hybridized carbons (Fsp3) is 0.381. The summed E-state index contributed by atoms with van der Waals surface area (Å²) in [6, 6.07) is 6.34. The lowest BCUT2D eigenvalue weighted by Crippen LogP contribution is -2.34. The Labute approximate surface area is 147 Å². The molecule has 2 heterocycles. The molecule has 1 N–H and O–H groups in total. The van der Waals surface area contributed by atoms with Crippen LogP contribution in [0.2, 0.25) is 0 Å². The number of aromatic nitrogens is 1. The number of hydrogen-bond acceptors (Lipinski definition) is 4. The minimum absolute atomic E-state index is 0.136. The monoisotopic (exact) mass is 337 g/mol. The van der Waals surface area contributed by atoms with Gasteiger partial charge in [0, 0.05) is 29.4 Å². The molecule has 4 nitrogen and oxygen atoms in total. The van der Waals surface area contributed by atoms with Crippen molar-refractivity contribution in [1.29, 1.82) is 0 Å². The first-order valence-electron chi connectivity index (χ1n) is 8.83. The van der Waals surface area contributed by atoms with Gasteiger partial charge in [0.15, 0.2) is 11.5 Å². The molecular weight excluding hydrogens is 314 g/mol. The third-order valence-electron chi connectivity index (χ3n) is 5.08. The molecule has 2 aromatic carbocycles. The number of hydrogen-bond donors (Lipinski definition) is 1. The van der Waals surface area contributed by atoms with E-state index in [1.165, 1.54) is 5.56 Å². The van der Waals surface area contributed by atoms with Gasteiger partial charge in [-0.05, 0) is 45.3 Å². The molecule has 0 aliphatic carbocycles. The summed E-state index contributed by atoms with van der Waals surface area (Å²) in [5.74, 6) is 1.57. The quantitative estimate of drug-likeness (QED) is 0.713. The zero-order chi connectivity index (χ0) is 17.6. The highest BCUT2D eigenvalue weighted by molar-refractivity contribution is 6.09. The third kappa shape index (κ3) is 2.61. The van der Waals surface area contributed by atoms with Crippen molar-refractivity contribution in [3.05, 3.63) is 47.9 Å². The molecule has 1 unspecified atom stereocenters. The summed E-state index contributed by atoms with van der Waals surface area (Å²) < 4.78 is 12.5. The van der Waals surface area contributed by atoms with Crippen molar-refractivity contribution in [2.45, 2.75) is 45.1 Å². The molecule has 0 saturated heterocycles. The summed E-state index contributed by atoms with van der Waals surface area (Å²) in [6.45, 7) is 8.23. The van der Waals surface area contributed by atoms with Crippen LogP contribution in [0, 0.1) is 6.92 Å². The number of aliphatic hydroxyl groups is 1. The number of ether oxygens (including phenoxy) is 1. The highest BCUT2D eigenvalue weighted by atomic mass is 16.5. The van der Waals surface area contributed by atoms with Crippen LogP contribution in [-0.4, -0.2) is 22.3 Å². The molecule has 0 radical (unpaired) electrons. The van der Waals surface area contributed by atoms with E-state index in [9.17, 15) is 0 Å². The molecule has 4 heteroatoms. The molecule has 4 rings (SSSR count). The van der Waals surface area contributed by atoms with Crippen LogP contribution >= 0.6 is 0 Å². The molecule has 130 valence electrons. The van der Waals surface area contributed by atoms with E-state index in [0.29, 0.717) is 18.7 Å². The fourth-order valence-corrected chi connectivity index (χ4v) is 3.55. The van der Waals surface area contributed by atoms with Gasteiger partial charge in [0.1, 0.15) is 16.9 Å². The smallest absolute Gasteiger partial charge is 0.195 e. The van der Waals surface area contributed by atoms with E-state index >= 15 is 0 Å². The maximum absolute atomic E-state index is 9.08. The molecule has 3 aromatic rings. The number of rotatable bonds is 4. The second kappa shape index (κ2) is 5.88. The minimum Gasteiger partial charge on any atom is -0.482 e. The third-order valence-corrected chi connectivity index (χ3v) is 5.08. The van der Waals surface area contributed by atoms with Gasteiger partial charge < -0.3 is 14.3 Å². The summed E-state index contributed by atoms with van der Waals surface area (Å²) in [7, 11) is 0. The Kier molecular flexibility index (Phi) is 3.80. The Bertz CT molecular complexity index is 972. The van der Waals surface area contributed by atoms with E-state index in [-0.39, 0.29) is 12.2 Å².